The highest BCUT2D eigenvalue weighted by Crippen LogP contribution is 2.38. The van der Waals surface area contributed by atoms with Crippen LogP contribution in [0.4, 0.5) is 0 Å². The minimum atomic E-state index is -0.514. The number of benzene rings is 1. The average molecular weight is 408 g/mol. The third-order valence-corrected chi connectivity index (χ3v) is 5.67. The van der Waals surface area contributed by atoms with Gasteiger partial charge in [0.25, 0.3) is 11.8 Å². The van der Waals surface area contributed by atoms with Crippen LogP contribution in [0.1, 0.15) is 50.4 Å². The fraction of sp³-hybridized carbons (Fsp3) is 0.476. The maximum atomic E-state index is 12.7. The number of ether oxygens (including phenoxy) is 1. The molecule has 156 valence electrons. The van der Waals surface area contributed by atoms with Crippen LogP contribution in [0.25, 0.3) is 11.6 Å². The Balaban J connectivity index is 1.17. The predicted octanol–water partition coefficient (Wildman–Crippen LogP) is 2.84. The number of likely N-dealkylation sites (tertiary alicyclic amines) is 1. The van der Waals surface area contributed by atoms with Crippen molar-refractivity contribution < 1.29 is 14.1 Å². The summed E-state index contributed by atoms with van der Waals surface area (Å²) in [5.41, 5.74) is 0.595. The van der Waals surface area contributed by atoms with Crippen LogP contribution < -0.4 is 4.74 Å². The van der Waals surface area contributed by atoms with E-state index in [-0.39, 0.29) is 11.9 Å². The second kappa shape index (κ2) is 7.89. The molecule has 2 aliphatic rings. The molecule has 1 aliphatic heterocycles. The molecule has 2 fully saturated rings. The molecule has 9 nitrogen and oxygen atoms in total. The minimum Gasteiger partial charge on any atom is -0.481 e. The van der Waals surface area contributed by atoms with Gasteiger partial charge in [-0.1, -0.05) is 28.6 Å². The van der Waals surface area contributed by atoms with E-state index in [9.17, 15) is 4.79 Å². The lowest BCUT2D eigenvalue weighted by molar-refractivity contribution is -0.139. The van der Waals surface area contributed by atoms with E-state index in [2.05, 4.69) is 20.5 Å². The Morgan fingerprint density at radius 3 is 2.67 bits per heavy atom. The summed E-state index contributed by atoms with van der Waals surface area (Å²) in [4.78, 5) is 19.0. The molecule has 3 aromatic rings. The second-order valence-corrected chi connectivity index (χ2v) is 7.95. The van der Waals surface area contributed by atoms with Crippen molar-refractivity contribution >= 4 is 5.91 Å². The van der Waals surface area contributed by atoms with E-state index < -0.39 is 6.10 Å². The van der Waals surface area contributed by atoms with Gasteiger partial charge in [-0.15, -0.1) is 5.10 Å². The van der Waals surface area contributed by atoms with E-state index in [4.69, 9.17) is 9.26 Å². The quantitative estimate of drug-likeness (QED) is 0.618. The average Bonchev–Trinajstić information content (AvgIpc) is 3.31. The van der Waals surface area contributed by atoms with Gasteiger partial charge in [-0.25, -0.2) is 4.68 Å². The fourth-order valence-electron chi connectivity index (χ4n) is 3.76. The highest BCUT2D eigenvalue weighted by molar-refractivity contribution is 5.81. The van der Waals surface area contributed by atoms with Crippen molar-refractivity contribution in [3.8, 4) is 17.3 Å². The van der Waals surface area contributed by atoms with E-state index in [1.165, 1.54) is 0 Å². The molecule has 1 saturated carbocycles. The number of nitrogens with zero attached hydrogens (tertiary/aromatic N) is 6. The van der Waals surface area contributed by atoms with E-state index in [0.717, 1.165) is 31.5 Å². The number of aromatic nitrogens is 5. The lowest BCUT2D eigenvalue weighted by Crippen LogP contribution is -2.45. The van der Waals surface area contributed by atoms with Gasteiger partial charge in [0.05, 0.1) is 12.2 Å². The Labute approximate surface area is 174 Å². The van der Waals surface area contributed by atoms with Gasteiger partial charge < -0.3 is 14.2 Å². The van der Waals surface area contributed by atoms with Crippen LogP contribution in [0.5, 0.6) is 5.75 Å². The summed E-state index contributed by atoms with van der Waals surface area (Å²) in [6.45, 7) is 3.12. The zero-order chi connectivity index (χ0) is 20.5. The minimum absolute atomic E-state index is 0.00930. The number of carbonyl (C=O) groups excluding carboxylic acids is 1. The molecule has 0 bridgehead atoms. The largest absolute Gasteiger partial charge is 0.481 e. The summed E-state index contributed by atoms with van der Waals surface area (Å²) in [6.07, 6.45) is 5.21. The molecule has 30 heavy (non-hydrogen) atoms. The van der Waals surface area contributed by atoms with Gasteiger partial charge in [-0.05, 0) is 44.7 Å². The fourth-order valence-corrected chi connectivity index (χ4v) is 3.76. The molecular weight excluding hydrogens is 384 g/mol. The van der Waals surface area contributed by atoms with Crippen LogP contribution in [-0.2, 0) is 4.79 Å². The topological polar surface area (TPSA) is 99.2 Å². The molecule has 1 amide bonds. The zero-order valence-electron chi connectivity index (χ0n) is 16.8. The molecule has 3 heterocycles. The van der Waals surface area contributed by atoms with Crippen LogP contribution in [0.2, 0.25) is 0 Å². The molecule has 1 saturated heterocycles. The number of para-hydroxylation sites is 1. The first-order valence-electron chi connectivity index (χ1n) is 10.4. The molecule has 0 spiro atoms. The van der Waals surface area contributed by atoms with Crippen molar-refractivity contribution in [2.45, 2.75) is 50.7 Å². The summed E-state index contributed by atoms with van der Waals surface area (Å²) in [5, 5.41) is 12.5. The van der Waals surface area contributed by atoms with Crippen molar-refractivity contribution in [3.05, 3.63) is 42.4 Å². The number of amides is 1. The highest BCUT2D eigenvalue weighted by Gasteiger charge is 2.31. The van der Waals surface area contributed by atoms with Crippen LogP contribution in [0.3, 0.4) is 0 Å². The van der Waals surface area contributed by atoms with Crippen LogP contribution in [-0.4, -0.2) is 55.1 Å². The van der Waals surface area contributed by atoms with Crippen LogP contribution in [0, 0.1) is 0 Å². The summed E-state index contributed by atoms with van der Waals surface area (Å²) < 4.78 is 13.0. The molecule has 5 rings (SSSR count). The second-order valence-electron chi connectivity index (χ2n) is 7.95. The first-order chi connectivity index (χ1) is 14.7. The first kappa shape index (κ1) is 18.8. The van der Waals surface area contributed by atoms with Gasteiger partial charge in [0, 0.05) is 19.0 Å². The van der Waals surface area contributed by atoms with Crippen molar-refractivity contribution in [2.24, 2.45) is 0 Å². The van der Waals surface area contributed by atoms with Gasteiger partial charge in [0.15, 0.2) is 17.6 Å². The molecule has 0 unspecified atom stereocenters. The predicted molar refractivity (Wildman–Crippen MR) is 107 cm³/mol. The SMILES string of the molecule is C[C@@H](Oc1ccccc1)C(=O)N1CCC(n2cc(-c3nc(C4CC4)no3)nn2)CC1. The Morgan fingerprint density at radius 2 is 1.93 bits per heavy atom. The number of piperidine rings is 1. The summed E-state index contributed by atoms with van der Waals surface area (Å²) in [6, 6.07) is 9.61. The summed E-state index contributed by atoms with van der Waals surface area (Å²) in [5.74, 6) is 2.33. The molecule has 0 N–H and O–H groups in total. The number of hydrogen-bond acceptors (Lipinski definition) is 7. The number of rotatable bonds is 6. The van der Waals surface area contributed by atoms with E-state index in [0.29, 0.717) is 36.3 Å². The Morgan fingerprint density at radius 1 is 1.17 bits per heavy atom. The van der Waals surface area contributed by atoms with Crippen LogP contribution in [0.15, 0.2) is 41.1 Å². The summed E-state index contributed by atoms with van der Waals surface area (Å²) >= 11 is 0. The van der Waals surface area contributed by atoms with E-state index >= 15 is 0 Å². The molecule has 9 heteroatoms. The van der Waals surface area contributed by atoms with Crippen LogP contribution >= 0.6 is 0 Å². The smallest absolute Gasteiger partial charge is 0.280 e. The van der Waals surface area contributed by atoms with E-state index in [1.807, 2.05) is 46.1 Å². The van der Waals surface area contributed by atoms with Gasteiger partial charge in [-0.2, -0.15) is 4.98 Å². The number of hydrogen-bond donors (Lipinski definition) is 0. The van der Waals surface area contributed by atoms with Crippen molar-refractivity contribution in [2.75, 3.05) is 13.1 Å². The summed E-state index contributed by atoms with van der Waals surface area (Å²) in [7, 11) is 0. The van der Waals surface area contributed by atoms with Crippen molar-refractivity contribution in [3.63, 3.8) is 0 Å². The molecule has 2 aromatic heterocycles. The zero-order valence-corrected chi connectivity index (χ0v) is 16.8. The van der Waals surface area contributed by atoms with Gasteiger partial charge in [0.1, 0.15) is 5.75 Å². The van der Waals surface area contributed by atoms with Gasteiger partial charge in [-0.3, -0.25) is 4.79 Å². The first-order valence-corrected chi connectivity index (χ1v) is 10.4. The third-order valence-electron chi connectivity index (χ3n) is 5.67. The standard InChI is InChI=1S/C21H24N6O3/c1-14(29-17-5-3-2-4-6-17)21(28)26-11-9-16(10-12-26)27-13-18(23-25-27)20-22-19(24-30-20)15-7-8-15/h2-6,13-16H,7-12H2,1H3/t14-/m1/s1. The maximum absolute atomic E-state index is 12.7. The lowest BCUT2D eigenvalue weighted by Gasteiger charge is -2.33. The molecule has 1 atom stereocenters. The Kier molecular flexibility index (Phi) is 4.94. The molecule has 1 aromatic carbocycles. The number of carbonyl (C=O) groups is 1. The molecule has 0 radical (unpaired) electrons. The Hall–Kier alpha value is -3.23. The Bertz CT molecular complexity index is 1000. The maximum Gasteiger partial charge on any atom is 0.280 e. The van der Waals surface area contributed by atoms with Crippen molar-refractivity contribution in [1.82, 2.24) is 30.0 Å². The normalized spacial score (nSPS) is 18.4. The molecule has 1 aliphatic carbocycles. The lowest BCUT2D eigenvalue weighted by atomic mass is 10.0. The van der Waals surface area contributed by atoms with Gasteiger partial charge in [0.2, 0.25) is 0 Å². The van der Waals surface area contributed by atoms with Crippen molar-refractivity contribution in [1.29, 1.82) is 0 Å². The van der Waals surface area contributed by atoms with Gasteiger partial charge >= 0.3 is 0 Å². The monoisotopic (exact) mass is 408 g/mol. The highest BCUT2D eigenvalue weighted by atomic mass is 16.5. The third kappa shape index (κ3) is 3.92. The van der Waals surface area contributed by atoms with E-state index in [1.54, 1.807) is 6.92 Å². The molecular formula is C21H24N6O3.